The predicted molar refractivity (Wildman–Crippen MR) is 77.6 cm³/mol. The highest BCUT2D eigenvalue weighted by Gasteiger charge is 2.41. The molecule has 2 rings (SSSR count). The predicted octanol–water partition coefficient (Wildman–Crippen LogP) is 0.376. The average Bonchev–Trinajstić information content (AvgIpc) is 2.53. The Morgan fingerprint density at radius 2 is 1.59 bits per heavy atom. The lowest BCUT2D eigenvalue weighted by Gasteiger charge is -2.43. The molecule has 2 aliphatic heterocycles. The number of nitrogens with one attached hydrogen (secondary N) is 2. The lowest BCUT2D eigenvalue weighted by atomic mass is 9.90. The standard InChI is InChI=1S/C14H26N2O6/c1-15-6-4-12-21-9-14(10-22-12)7-19-11(20-8-14)3-2-5-16-13(17)18/h11-12,15-16H,2-10H2,1H3,(H,17,18). The van der Waals surface area contributed by atoms with Crippen molar-refractivity contribution >= 4 is 6.09 Å². The van der Waals surface area contributed by atoms with Crippen molar-refractivity contribution in [3.63, 3.8) is 0 Å². The molecule has 0 atom stereocenters. The van der Waals surface area contributed by atoms with Crippen molar-refractivity contribution < 1.29 is 28.8 Å². The van der Waals surface area contributed by atoms with Crippen LogP contribution in [0.25, 0.3) is 0 Å². The molecule has 0 unspecified atom stereocenters. The van der Waals surface area contributed by atoms with Crippen LogP contribution in [-0.2, 0) is 18.9 Å². The Hall–Kier alpha value is -0.930. The van der Waals surface area contributed by atoms with E-state index in [9.17, 15) is 4.79 Å². The van der Waals surface area contributed by atoms with Crippen LogP contribution in [0, 0.1) is 5.41 Å². The van der Waals surface area contributed by atoms with E-state index in [0.717, 1.165) is 13.0 Å². The number of amides is 1. The molecule has 0 saturated carbocycles. The van der Waals surface area contributed by atoms with Gasteiger partial charge in [-0.2, -0.15) is 0 Å². The van der Waals surface area contributed by atoms with Gasteiger partial charge in [0, 0.05) is 19.4 Å². The summed E-state index contributed by atoms with van der Waals surface area (Å²) in [6.45, 7) is 3.51. The third-order valence-corrected chi connectivity index (χ3v) is 3.82. The highest BCUT2D eigenvalue weighted by atomic mass is 16.7. The maximum Gasteiger partial charge on any atom is 0.404 e. The summed E-state index contributed by atoms with van der Waals surface area (Å²) in [5.74, 6) is 0. The topological polar surface area (TPSA) is 98.3 Å². The lowest BCUT2D eigenvalue weighted by Crippen LogP contribution is -2.52. The minimum atomic E-state index is -1.01. The lowest BCUT2D eigenvalue weighted by molar-refractivity contribution is -0.303. The molecule has 0 bridgehead atoms. The van der Waals surface area contributed by atoms with E-state index < -0.39 is 6.09 Å². The fourth-order valence-corrected chi connectivity index (χ4v) is 2.48. The van der Waals surface area contributed by atoms with Crippen molar-refractivity contribution in [1.29, 1.82) is 0 Å². The molecule has 1 amide bonds. The number of carboxylic acid groups (broad SMARTS) is 1. The molecule has 0 aromatic carbocycles. The van der Waals surface area contributed by atoms with E-state index in [1.54, 1.807) is 0 Å². The van der Waals surface area contributed by atoms with Gasteiger partial charge in [-0.05, 0) is 20.0 Å². The van der Waals surface area contributed by atoms with E-state index in [4.69, 9.17) is 24.1 Å². The first-order valence-electron chi connectivity index (χ1n) is 7.71. The van der Waals surface area contributed by atoms with E-state index in [-0.39, 0.29) is 18.0 Å². The fourth-order valence-electron chi connectivity index (χ4n) is 2.48. The molecular weight excluding hydrogens is 292 g/mol. The van der Waals surface area contributed by atoms with Crippen LogP contribution in [0.2, 0.25) is 0 Å². The van der Waals surface area contributed by atoms with Gasteiger partial charge in [-0.25, -0.2) is 4.79 Å². The normalized spacial score (nSPS) is 32.0. The third-order valence-electron chi connectivity index (χ3n) is 3.82. The van der Waals surface area contributed by atoms with Gasteiger partial charge in [-0.15, -0.1) is 0 Å². The summed E-state index contributed by atoms with van der Waals surface area (Å²) >= 11 is 0. The first-order valence-corrected chi connectivity index (χ1v) is 7.71. The van der Waals surface area contributed by atoms with E-state index >= 15 is 0 Å². The smallest absolute Gasteiger partial charge is 0.404 e. The maximum absolute atomic E-state index is 10.3. The Bertz CT molecular complexity index is 336. The quantitative estimate of drug-likeness (QED) is 0.584. The zero-order chi connectivity index (χ0) is 15.8. The molecule has 2 aliphatic rings. The first kappa shape index (κ1) is 17.4. The van der Waals surface area contributed by atoms with Crippen LogP contribution >= 0.6 is 0 Å². The molecule has 0 aromatic rings. The summed E-state index contributed by atoms with van der Waals surface area (Å²) in [7, 11) is 1.90. The van der Waals surface area contributed by atoms with Crippen LogP contribution in [0.5, 0.6) is 0 Å². The molecule has 22 heavy (non-hydrogen) atoms. The highest BCUT2D eigenvalue weighted by Crippen LogP contribution is 2.31. The molecule has 2 fully saturated rings. The Labute approximate surface area is 130 Å². The van der Waals surface area contributed by atoms with Crippen LogP contribution in [0.3, 0.4) is 0 Å². The second-order valence-corrected chi connectivity index (χ2v) is 5.87. The molecule has 0 aliphatic carbocycles. The molecule has 0 aromatic heterocycles. The Morgan fingerprint density at radius 3 is 2.09 bits per heavy atom. The van der Waals surface area contributed by atoms with Crippen molar-refractivity contribution in [3.05, 3.63) is 0 Å². The number of rotatable bonds is 7. The Balaban J connectivity index is 1.61. The van der Waals surface area contributed by atoms with Crippen molar-refractivity contribution in [2.24, 2.45) is 5.41 Å². The largest absolute Gasteiger partial charge is 0.465 e. The number of carbonyl (C=O) groups is 1. The van der Waals surface area contributed by atoms with Gasteiger partial charge in [0.25, 0.3) is 0 Å². The van der Waals surface area contributed by atoms with Crippen molar-refractivity contribution in [2.45, 2.75) is 31.8 Å². The summed E-state index contributed by atoms with van der Waals surface area (Å²) in [6.07, 6.45) is 0.745. The monoisotopic (exact) mass is 318 g/mol. The van der Waals surface area contributed by atoms with E-state index in [1.807, 2.05) is 7.05 Å². The van der Waals surface area contributed by atoms with Crippen LogP contribution in [0.4, 0.5) is 4.79 Å². The maximum atomic E-state index is 10.3. The van der Waals surface area contributed by atoms with Crippen molar-refractivity contribution in [2.75, 3.05) is 46.6 Å². The van der Waals surface area contributed by atoms with Gasteiger partial charge in [-0.3, -0.25) is 0 Å². The van der Waals surface area contributed by atoms with Gasteiger partial charge >= 0.3 is 6.09 Å². The number of hydrogen-bond acceptors (Lipinski definition) is 6. The van der Waals surface area contributed by atoms with Crippen molar-refractivity contribution in [1.82, 2.24) is 10.6 Å². The van der Waals surface area contributed by atoms with Crippen LogP contribution in [-0.4, -0.2) is 70.3 Å². The van der Waals surface area contributed by atoms with Crippen LogP contribution in [0.1, 0.15) is 19.3 Å². The average molecular weight is 318 g/mol. The zero-order valence-electron chi connectivity index (χ0n) is 13.0. The second-order valence-electron chi connectivity index (χ2n) is 5.87. The molecule has 1 spiro atoms. The van der Waals surface area contributed by atoms with Gasteiger partial charge in [-0.1, -0.05) is 0 Å². The molecule has 8 heteroatoms. The molecule has 128 valence electrons. The van der Waals surface area contributed by atoms with E-state index in [2.05, 4.69) is 10.6 Å². The Kier molecular flexibility index (Phi) is 6.84. The summed E-state index contributed by atoms with van der Waals surface area (Å²) in [5.41, 5.74) is -0.216. The molecule has 0 radical (unpaired) electrons. The van der Waals surface area contributed by atoms with Gasteiger partial charge in [0.2, 0.25) is 0 Å². The fraction of sp³-hybridized carbons (Fsp3) is 0.929. The van der Waals surface area contributed by atoms with Crippen LogP contribution < -0.4 is 10.6 Å². The van der Waals surface area contributed by atoms with Crippen molar-refractivity contribution in [3.8, 4) is 0 Å². The zero-order valence-corrected chi connectivity index (χ0v) is 13.0. The Morgan fingerprint density at radius 1 is 1.05 bits per heavy atom. The first-order chi connectivity index (χ1) is 10.6. The van der Waals surface area contributed by atoms with Gasteiger partial charge in [0.1, 0.15) is 0 Å². The minimum absolute atomic E-state index is 0.155. The summed E-state index contributed by atoms with van der Waals surface area (Å²) in [5, 5.41) is 13.9. The summed E-state index contributed by atoms with van der Waals surface area (Å²) in [6, 6.07) is 0. The minimum Gasteiger partial charge on any atom is -0.465 e. The highest BCUT2D eigenvalue weighted by molar-refractivity contribution is 5.64. The molecule has 2 heterocycles. The van der Waals surface area contributed by atoms with E-state index in [0.29, 0.717) is 45.8 Å². The molecule has 8 nitrogen and oxygen atoms in total. The molecule has 2 saturated heterocycles. The number of hydrogen-bond donors (Lipinski definition) is 3. The van der Waals surface area contributed by atoms with E-state index in [1.165, 1.54) is 0 Å². The molecule has 3 N–H and O–H groups in total. The SMILES string of the molecule is CNCCC1OCC2(COC(CCCNC(=O)O)OC2)CO1. The summed E-state index contributed by atoms with van der Waals surface area (Å²) < 4.78 is 22.9. The summed E-state index contributed by atoms with van der Waals surface area (Å²) in [4.78, 5) is 10.3. The van der Waals surface area contributed by atoms with Gasteiger partial charge in [0.05, 0.1) is 31.8 Å². The van der Waals surface area contributed by atoms with Gasteiger partial charge < -0.3 is 34.7 Å². The second kappa shape index (κ2) is 8.64. The van der Waals surface area contributed by atoms with Crippen LogP contribution in [0.15, 0.2) is 0 Å². The third kappa shape index (κ3) is 5.36. The van der Waals surface area contributed by atoms with Gasteiger partial charge in [0.15, 0.2) is 12.6 Å². The molecular formula is C14H26N2O6. The number of ether oxygens (including phenoxy) is 4.